The van der Waals surface area contributed by atoms with Gasteiger partial charge in [-0.25, -0.2) is 0 Å². The van der Waals surface area contributed by atoms with Gasteiger partial charge < -0.3 is 174 Å². The van der Waals surface area contributed by atoms with E-state index < -0.39 is 248 Å². The summed E-state index contributed by atoms with van der Waals surface area (Å²) in [4.78, 5) is 8.63. The monoisotopic (exact) mass is 1340 g/mol. The summed E-state index contributed by atoms with van der Waals surface area (Å²) in [5.41, 5.74) is 1.36. The first-order valence-electron chi connectivity index (χ1n) is 30.6. The first-order valence-corrected chi connectivity index (χ1v) is 30.6. The van der Waals surface area contributed by atoms with Crippen molar-refractivity contribution < 1.29 is 163 Å². The molecule has 21 N–H and O–H groups in total. The lowest BCUT2D eigenvalue weighted by Crippen LogP contribution is -2.69. The van der Waals surface area contributed by atoms with Gasteiger partial charge >= 0.3 is 0 Å². The molecule has 0 unspecified atom stereocenters. The van der Waals surface area contributed by atoms with Crippen molar-refractivity contribution in [1.82, 2.24) is 20.6 Å². The molecule has 0 radical (unpaired) electrons. The second kappa shape index (κ2) is 32.7. The molecule has 2 aromatic rings. The fourth-order valence-corrected chi connectivity index (χ4v) is 12.5. The van der Waals surface area contributed by atoms with Crippen LogP contribution >= 0.6 is 0 Å². The number of rotatable bonds is 15. The van der Waals surface area contributed by atoms with Crippen molar-refractivity contribution in [1.29, 1.82) is 0 Å². The third-order valence-electron chi connectivity index (χ3n) is 17.7. The number of nitrogens with one attached hydrogen (secondary N) is 2. The van der Waals surface area contributed by atoms with E-state index in [1.807, 2.05) is 0 Å². The molecular weight excluding hydrogens is 1260 g/mol. The molecule has 528 valence electrons. The minimum absolute atomic E-state index is 0.221. The molecule has 37 heteroatoms. The Hall–Kier alpha value is -3.10. The maximum absolute atomic E-state index is 12.1. The van der Waals surface area contributed by atoms with Crippen LogP contribution in [0.2, 0.25) is 0 Å². The van der Waals surface area contributed by atoms with Gasteiger partial charge in [-0.15, -0.1) is 0 Å². The Kier molecular flexibility index (Phi) is 25.6. The maximum Gasteiger partial charge on any atom is 0.187 e. The summed E-state index contributed by atoms with van der Waals surface area (Å²) in [6, 6.07) is 10.5. The fourth-order valence-electron chi connectivity index (χ4n) is 12.5. The Balaban J connectivity index is 0.953. The van der Waals surface area contributed by atoms with Crippen LogP contribution in [0.5, 0.6) is 0 Å². The molecule has 0 amide bonds. The average molecular weight is 1340 g/mol. The predicted octanol–water partition coefficient (Wildman–Crippen LogP) is -12.8. The summed E-state index contributed by atoms with van der Waals surface area (Å²) in [6.07, 6.45) is -64.5. The van der Waals surface area contributed by atoms with Gasteiger partial charge in [0.05, 0.1) is 33.0 Å². The van der Waals surface area contributed by atoms with Crippen LogP contribution < -0.4 is 10.6 Å². The molecule has 2 aromatic heterocycles. The summed E-state index contributed by atoms with van der Waals surface area (Å²) in [6.45, 7) is -5.18. The largest absolute Gasteiger partial charge is 0.394 e. The molecule has 23 heterocycles. The summed E-state index contributed by atoms with van der Waals surface area (Å²) < 4.78 is 83.3. The highest BCUT2D eigenvalue weighted by molar-refractivity contribution is 5.07. The zero-order valence-corrected chi connectivity index (χ0v) is 49.7. The van der Waals surface area contributed by atoms with E-state index in [1.165, 1.54) is 0 Å². The van der Waals surface area contributed by atoms with Crippen LogP contribution in [0.1, 0.15) is 11.4 Å². The summed E-state index contributed by atoms with van der Waals surface area (Å²) in [5, 5.41) is 222. The number of nitrogens with zero attached hydrogens (tertiary/aromatic N) is 2. The van der Waals surface area contributed by atoms with E-state index in [4.69, 9.17) is 66.3 Å². The summed E-state index contributed by atoms with van der Waals surface area (Å²) in [7, 11) is 0. The normalized spacial score (nSPS) is 47.8. The van der Waals surface area contributed by atoms with Crippen molar-refractivity contribution in [3.8, 4) is 0 Å². The van der Waals surface area contributed by atoms with Crippen LogP contribution in [0.25, 0.3) is 0 Å². The maximum atomic E-state index is 12.1. The van der Waals surface area contributed by atoms with Crippen LogP contribution in [0.3, 0.4) is 0 Å². The Morgan fingerprint density at radius 3 is 0.667 bits per heavy atom. The van der Waals surface area contributed by atoms with Gasteiger partial charge in [-0.1, -0.05) is 12.1 Å². The predicted molar refractivity (Wildman–Crippen MR) is 296 cm³/mol. The van der Waals surface area contributed by atoms with Crippen LogP contribution in [0.4, 0.5) is 0 Å². The first kappa shape index (κ1) is 72.6. The molecule has 0 spiro atoms. The molecule has 21 aliphatic rings. The van der Waals surface area contributed by atoms with Gasteiger partial charge in [0.25, 0.3) is 0 Å². The van der Waals surface area contributed by atoms with Crippen molar-refractivity contribution in [2.75, 3.05) is 59.2 Å². The van der Waals surface area contributed by atoms with E-state index in [0.29, 0.717) is 24.2 Å². The van der Waals surface area contributed by atoms with E-state index in [2.05, 4.69) is 20.6 Å². The van der Waals surface area contributed by atoms with Crippen molar-refractivity contribution >= 4 is 0 Å². The Morgan fingerprint density at radius 1 is 0.269 bits per heavy atom. The highest BCUT2D eigenvalue weighted by Gasteiger charge is 2.59. The Bertz CT molecular complexity index is 2500. The molecule has 21 fully saturated rings. The first-order chi connectivity index (χ1) is 44.7. The van der Waals surface area contributed by atoms with E-state index in [-0.39, 0.29) is 26.2 Å². The van der Waals surface area contributed by atoms with Gasteiger partial charge in [0, 0.05) is 62.8 Å². The zero-order valence-electron chi connectivity index (χ0n) is 49.7. The Labute approximate surface area is 529 Å². The minimum atomic E-state index is -2.21. The van der Waals surface area contributed by atoms with Gasteiger partial charge in [-0.3, -0.25) is 9.97 Å². The highest BCUT2D eigenvalue weighted by atomic mass is 16.8. The fraction of sp³-hybridized carbons (Fsp3) is 0.821. The van der Waals surface area contributed by atoms with Crippen molar-refractivity contribution in [2.24, 2.45) is 0 Å². The van der Waals surface area contributed by atoms with Crippen molar-refractivity contribution in [3.05, 3.63) is 60.2 Å². The minimum Gasteiger partial charge on any atom is -0.394 e. The van der Waals surface area contributed by atoms with E-state index in [1.54, 1.807) is 48.8 Å². The smallest absolute Gasteiger partial charge is 0.187 e. The standard InChI is InChI=1S/C56H86N4O33/c61-15-24-45-32(69)39(76)53(83-24)91-47-26(17-63)85-55(41(78)34(47)71)93-49-28(19-65)86-56(42(79)35(49)72)92-48-27(18-64)84-54(40(77)33(48)70)90-46-25(16-62)82-52(38(75)31(46)68)88-44-23(14-58-12-8-21-6-2-4-10-60-21)80-50(36(73)29(44)66)87-43-22(81-51(89-45)37(74)30(43)67)13-57-11-7-20-5-1-3-9-59-20/h1-6,9-10,22-58,61-79H,7-8,11-19H2/t22-,23-,24-,25-,26-,27-,28-,29-,30-,31-,32-,33-,34-,35-,36-,37-,38-,39-,40-,41-,42-,43-,44-,45-,46-,47-,48-,49-,50-,51-,52-,53-,54-,55-,56-/m1/s1. The quantitative estimate of drug-likeness (QED) is 0.0736. The second-order valence-electron chi connectivity index (χ2n) is 23.8. The number of hydrogen-bond acceptors (Lipinski definition) is 37. The zero-order chi connectivity index (χ0) is 66.5. The third kappa shape index (κ3) is 16.0. The van der Waals surface area contributed by atoms with Crippen molar-refractivity contribution in [3.63, 3.8) is 0 Å². The number of aliphatic hydroxyl groups excluding tert-OH is 19. The molecular formula is C56H86N4O33. The number of aliphatic hydroxyl groups is 19. The van der Waals surface area contributed by atoms with Gasteiger partial charge in [0.2, 0.25) is 0 Å². The van der Waals surface area contributed by atoms with Crippen LogP contribution in [-0.4, -0.2) is 381 Å². The van der Waals surface area contributed by atoms with E-state index in [9.17, 15) is 97.0 Å². The van der Waals surface area contributed by atoms with Crippen LogP contribution in [-0.2, 0) is 79.2 Å². The lowest BCUT2D eigenvalue weighted by atomic mass is 9.95. The number of aromatic nitrogens is 2. The molecule has 35 atom stereocenters. The second-order valence-corrected chi connectivity index (χ2v) is 23.8. The molecule has 37 nitrogen and oxygen atoms in total. The number of ether oxygens (including phenoxy) is 14. The van der Waals surface area contributed by atoms with Gasteiger partial charge in [-0.2, -0.15) is 0 Å². The molecule has 14 bridgehead atoms. The molecule has 21 saturated heterocycles. The van der Waals surface area contributed by atoms with E-state index >= 15 is 0 Å². The molecule has 0 aliphatic carbocycles. The highest BCUT2D eigenvalue weighted by Crippen LogP contribution is 2.39. The molecule has 0 aromatic carbocycles. The lowest BCUT2D eigenvalue weighted by molar-refractivity contribution is -0.396. The molecule has 21 aliphatic heterocycles. The Morgan fingerprint density at radius 2 is 0.473 bits per heavy atom. The SMILES string of the molecule is OC[C@H]1O[C@@H]2O[C@H]3[C@H](O)[C@@H](O)[C@@H](O[C@H]4[C@H](O)[C@@H](O)[C@@H](O[C@H]5[C@H](O)[C@@H](O)[C@@H](O[C@H]6[C@H](O)[C@@H](O)[C@@H](O[C@H]7[C@H](O)[C@@H](O)[C@@H](O[C@H]8[C@H](O)[C@@H](O)[C@@H](O[C@H]1[C@H](O)[C@H]2O)O[C@@H]8CO)O[C@@H]7CO)O[C@@H]6CNCCc1ccccn1)O[C@@H]5CNCCc1ccccn1)O[C@@H]4CO)O[C@@H]3CO. The number of pyridine rings is 2. The van der Waals surface area contributed by atoms with E-state index in [0.717, 1.165) is 0 Å². The van der Waals surface area contributed by atoms with Crippen molar-refractivity contribution in [2.45, 2.75) is 228 Å². The van der Waals surface area contributed by atoms with Gasteiger partial charge in [0.1, 0.15) is 171 Å². The third-order valence-corrected chi connectivity index (χ3v) is 17.7. The van der Waals surface area contributed by atoms with Crippen LogP contribution in [0, 0.1) is 0 Å². The van der Waals surface area contributed by atoms with Gasteiger partial charge in [0.15, 0.2) is 44.0 Å². The molecule has 0 saturated carbocycles. The van der Waals surface area contributed by atoms with Crippen LogP contribution in [0.15, 0.2) is 48.8 Å². The summed E-state index contributed by atoms with van der Waals surface area (Å²) >= 11 is 0. The lowest BCUT2D eigenvalue weighted by Gasteiger charge is -2.50. The average Bonchev–Trinajstić information content (AvgIpc) is 0.805. The topological polar surface area (TPSA) is 563 Å². The summed E-state index contributed by atoms with van der Waals surface area (Å²) in [5.74, 6) is 0. The molecule has 23 rings (SSSR count). The van der Waals surface area contributed by atoms with Gasteiger partial charge in [-0.05, 0) is 24.3 Å². The number of hydrogen-bond donors (Lipinski definition) is 21. The molecule has 93 heavy (non-hydrogen) atoms.